The minimum Gasteiger partial charge on any atom is -0.348 e. The number of hydrogen-bond acceptors (Lipinski definition) is 3. The normalized spacial score (nSPS) is 12.5. The minimum atomic E-state index is -0.0584. The molecular weight excluding hydrogens is 216 g/mol. The number of rotatable bonds is 6. The van der Waals surface area contributed by atoms with Crippen molar-refractivity contribution in [1.82, 2.24) is 15.1 Å². The third-order valence-corrected chi connectivity index (χ3v) is 2.65. The fourth-order valence-corrected chi connectivity index (χ4v) is 1.76. The standard InChI is InChI=1S/C12H22N4O/c1-4-16-11(8-10(3)15-16)12(17)14-9(2)6-5-7-13/h8-9H,4-7,13H2,1-3H3,(H,14,17). The summed E-state index contributed by atoms with van der Waals surface area (Å²) in [5.74, 6) is -0.0584. The molecule has 0 saturated heterocycles. The van der Waals surface area contributed by atoms with E-state index in [1.54, 1.807) is 4.68 Å². The van der Waals surface area contributed by atoms with Crippen LogP contribution >= 0.6 is 0 Å². The molecule has 0 fully saturated rings. The van der Waals surface area contributed by atoms with Crippen LogP contribution in [0, 0.1) is 6.92 Å². The molecule has 1 aromatic heterocycles. The fourth-order valence-electron chi connectivity index (χ4n) is 1.76. The van der Waals surface area contributed by atoms with Crippen LogP contribution < -0.4 is 11.1 Å². The van der Waals surface area contributed by atoms with E-state index in [-0.39, 0.29) is 11.9 Å². The van der Waals surface area contributed by atoms with Gasteiger partial charge in [0.2, 0.25) is 0 Å². The second-order valence-electron chi connectivity index (χ2n) is 4.29. The molecule has 0 saturated carbocycles. The van der Waals surface area contributed by atoms with Crippen molar-refractivity contribution >= 4 is 5.91 Å². The number of amides is 1. The summed E-state index contributed by atoms with van der Waals surface area (Å²) in [6, 6.07) is 1.96. The highest BCUT2D eigenvalue weighted by molar-refractivity contribution is 5.92. The molecule has 1 atom stereocenters. The summed E-state index contributed by atoms with van der Waals surface area (Å²) in [6.07, 6.45) is 1.83. The Morgan fingerprint density at radius 1 is 1.65 bits per heavy atom. The molecule has 3 N–H and O–H groups in total. The molecule has 0 aliphatic rings. The number of nitrogens with two attached hydrogens (primary N) is 1. The van der Waals surface area contributed by atoms with E-state index in [1.165, 1.54) is 0 Å². The molecule has 1 amide bonds. The zero-order valence-electron chi connectivity index (χ0n) is 10.9. The lowest BCUT2D eigenvalue weighted by atomic mass is 10.2. The predicted molar refractivity (Wildman–Crippen MR) is 67.9 cm³/mol. The summed E-state index contributed by atoms with van der Waals surface area (Å²) in [4.78, 5) is 12.0. The summed E-state index contributed by atoms with van der Waals surface area (Å²) >= 11 is 0. The minimum absolute atomic E-state index is 0.0584. The number of aromatic nitrogens is 2. The van der Waals surface area contributed by atoms with Crippen molar-refractivity contribution in [3.63, 3.8) is 0 Å². The molecule has 96 valence electrons. The van der Waals surface area contributed by atoms with Crippen molar-refractivity contribution in [3.05, 3.63) is 17.5 Å². The summed E-state index contributed by atoms with van der Waals surface area (Å²) < 4.78 is 1.72. The molecule has 1 rings (SSSR count). The maximum absolute atomic E-state index is 12.0. The maximum Gasteiger partial charge on any atom is 0.269 e. The smallest absolute Gasteiger partial charge is 0.269 e. The van der Waals surface area contributed by atoms with Gasteiger partial charge in [-0.05, 0) is 46.2 Å². The van der Waals surface area contributed by atoms with Gasteiger partial charge in [0, 0.05) is 12.6 Å². The van der Waals surface area contributed by atoms with Crippen LogP contribution in [0.5, 0.6) is 0 Å². The zero-order valence-corrected chi connectivity index (χ0v) is 10.9. The number of nitrogens with one attached hydrogen (secondary N) is 1. The van der Waals surface area contributed by atoms with Crippen molar-refractivity contribution in [3.8, 4) is 0 Å². The maximum atomic E-state index is 12.0. The van der Waals surface area contributed by atoms with Crippen molar-refractivity contribution in [2.45, 2.75) is 46.2 Å². The van der Waals surface area contributed by atoms with Crippen LogP contribution in [0.1, 0.15) is 42.9 Å². The number of nitrogens with zero attached hydrogens (tertiary/aromatic N) is 2. The van der Waals surface area contributed by atoms with E-state index >= 15 is 0 Å². The summed E-state index contributed by atoms with van der Waals surface area (Å²) in [6.45, 7) is 7.22. The highest BCUT2D eigenvalue weighted by Crippen LogP contribution is 2.05. The predicted octanol–water partition coefficient (Wildman–Crippen LogP) is 1.07. The number of aryl methyl sites for hydroxylation is 2. The third kappa shape index (κ3) is 3.85. The van der Waals surface area contributed by atoms with Gasteiger partial charge in [-0.25, -0.2) is 0 Å². The molecule has 5 nitrogen and oxygen atoms in total. The largest absolute Gasteiger partial charge is 0.348 e. The van der Waals surface area contributed by atoms with Crippen LogP contribution in [0.15, 0.2) is 6.07 Å². The van der Waals surface area contributed by atoms with Gasteiger partial charge in [-0.2, -0.15) is 5.10 Å². The van der Waals surface area contributed by atoms with Crippen molar-refractivity contribution in [2.75, 3.05) is 6.54 Å². The molecule has 0 bridgehead atoms. The first kappa shape index (κ1) is 13.7. The van der Waals surface area contributed by atoms with Gasteiger partial charge in [-0.3, -0.25) is 9.48 Å². The Morgan fingerprint density at radius 3 is 2.94 bits per heavy atom. The van der Waals surface area contributed by atoms with E-state index < -0.39 is 0 Å². The number of carbonyl (C=O) groups excluding carboxylic acids is 1. The Labute approximate surface area is 102 Å². The molecule has 0 radical (unpaired) electrons. The number of carbonyl (C=O) groups is 1. The van der Waals surface area contributed by atoms with Crippen LogP contribution in [0.2, 0.25) is 0 Å². The van der Waals surface area contributed by atoms with Gasteiger partial charge in [-0.1, -0.05) is 0 Å². The first-order valence-corrected chi connectivity index (χ1v) is 6.13. The van der Waals surface area contributed by atoms with E-state index in [9.17, 15) is 4.79 Å². The van der Waals surface area contributed by atoms with Gasteiger partial charge >= 0.3 is 0 Å². The van der Waals surface area contributed by atoms with Crippen LogP contribution in [0.3, 0.4) is 0 Å². The highest BCUT2D eigenvalue weighted by Gasteiger charge is 2.14. The van der Waals surface area contributed by atoms with Crippen LogP contribution in [0.4, 0.5) is 0 Å². The van der Waals surface area contributed by atoms with E-state index in [0.717, 1.165) is 18.5 Å². The van der Waals surface area contributed by atoms with Crippen LogP contribution in [-0.4, -0.2) is 28.3 Å². The molecular formula is C12H22N4O. The Balaban J connectivity index is 2.62. The lowest BCUT2D eigenvalue weighted by molar-refractivity contribution is 0.0927. The van der Waals surface area contributed by atoms with Gasteiger partial charge < -0.3 is 11.1 Å². The van der Waals surface area contributed by atoms with Gasteiger partial charge in [0.15, 0.2) is 0 Å². The fraction of sp³-hybridized carbons (Fsp3) is 0.667. The van der Waals surface area contributed by atoms with Gasteiger partial charge in [0.1, 0.15) is 5.69 Å². The average molecular weight is 238 g/mol. The first-order valence-electron chi connectivity index (χ1n) is 6.13. The molecule has 1 unspecified atom stereocenters. The van der Waals surface area contributed by atoms with Crippen molar-refractivity contribution in [1.29, 1.82) is 0 Å². The van der Waals surface area contributed by atoms with E-state index in [1.807, 2.05) is 26.8 Å². The summed E-state index contributed by atoms with van der Waals surface area (Å²) in [5, 5.41) is 7.22. The lowest BCUT2D eigenvalue weighted by Gasteiger charge is -2.13. The Kier molecular flexibility index (Phi) is 5.15. The first-order chi connectivity index (χ1) is 8.08. The Hall–Kier alpha value is -1.36. The summed E-state index contributed by atoms with van der Waals surface area (Å²) in [5.41, 5.74) is 6.94. The molecule has 5 heteroatoms. The molecule has 0 aliphatic heterocycles. The molecule has 1 aromatic rings. The molecule has 1 heterocycles. The topological polar surface area (TPSA) is 72.9 Å². The third-order valence-electron chi connectivity index (χ3n) is 2.65. The Morgan fingerprint density at radius 2 is 2.35 bits per heavy atom. The summed E-state index contributed by atoms with van der Waals surface area (Å²) in [7, 11) is 0. The Bertz CT molecular complexity index is 373. The SMILES string of the molecule is CCn1nc(C)cc1C(=O)NC(C)CCCN. The molecule has 17 heavy (non-hydrogen) atoms. The van der Waals surface area contributed by atoms with Gasteiger partial charge in [0.25, 0.3) is 5.91 Å². The van der Waals surface area contributed by atoms with E-state index in [2.05, 4.69) is 10.4 Å². The van der Waals surface area contributed by atoms with Crippen molar-refractivity contribution < 1.29 is 4.79 Å². The average Bonchev–Trinajstić information content (AvgIpc) is 2.67. The van der Waals surface area contributed by atoms with Crippen LogP contribution in [-0.2, 0) is 6.54 Å². The zero-order chi connectivity index (χ0) is 12.8. The molecule has 0 aliphatic carbocycles. The second kappa shape index (κ2) is 6.39. The number of hydrogen-bond donors (Lipinski definition) is 2. The molecule has 0 aromatic carbocycles. The van der Waals surface area contributed by atoms with E-state index in [0.29, 0.717) is 18.8 Å². The monoisotopic (exact) mass is 238 g/mol. The van der Waals surface area contributed by atoms with Crippen LogP contribution in [0.25, 0.3) is 0 Å². The van der Waals surface area contributed by atoms with Gasteiger partial charge in [0.05, 0.1) is 5.69 Å². The van der Waals surface area contributed by atoms with E-state index in [4.69, 9.17) is 5.73 Å². The quantitative estimate of drug-likeness (QED) is 0.778. The molecule has 0 spiro atoms. The second-order valence-corrected chi connectivity index (χ2v) is 4.29. The van der Waals surface area contributed by atoms with Crippen molar-refractivity contribution in [2.24, 2.45) is 5.73 Å². The lowest BCUT2D eigenvalue weighted by Crippen LogP contribution is -2.34. The van der Waals surface area contributed by atoms with Gasteiger partial charge in [-0.15, -0.1) is 0 Å². The highest BCUT2D eigenvalue weighted by atomic mass is 16.2.